The molecule has 0 aromatic heterocycles. The van der Waals surface area contributed by atoms with E-state index in [1.165, 1.54) is 4.90 Å². The van der Waals surface area contributed by atoms with Gasteiger partial charge >= 0.3 is 0 Å². The molecule has 220 valence electrons. The van der Waals surface area contributed by atoms with Crippen LogP contribution in [0.4, 0.5) is 10.1 Å². The molecule has 0 heterocycles. The van der Waals surface area contributed by atoms with E-state index in [2.05, 4.69) is 5.32 Å². The van der Waals surface area contributed by atoms with Crippen LogP contribution in [-0.4, -0.2) is 43.8 Å². The maximum Gasteiger partial charge on any atom is 0.264 e. The highest BCUT2D eigenvalue weighted by molar-refractivity contribution is 7.92. The van der Waals surface area contributed by atoms with Crippen LogP contribution in [0.25, 0.3) is 0 Å². The topological polar surface area (TPSA) is 86.8 Å². The molecule has 0 aliphatic carbocycles. The first-order valence-electron chi connectivity index (χ1n) is 13.3. The van der Waals surface area contributed by atoms with Gasteiger partial charge in [-0.2, -0.15) is 0 Å². The lowest BCUT2D eigenvalue weighted by molar-refractivity contribution is -0.140. The molecule has 0 bridgehead atoms. The van der Waals surface area contributed by atoms with Crippen LogP contribution >= 0.6 is 23.2 Å². The number of carbonyl (C=O) groups is 2. The molecule has 0 saturated carbocycles. The largest absolute Gasteiger partial charge is 0.352 e. The average molecular weight is 623 g/mol. The second kappa shape index (κ2) is 14.2. The Bertz CT molecular complexity index is 1470. The Morgan fingerprint density at radius 1 is 0.927 bits per heavy atom. The number of nitrogens with zero attached hydrogens (tertiary/aromatic N) is 2. The van der Waals surface area contributed by atoms with Gasteiger partial charge in [-0.25, -0.2) is 12.8 Å². The summed E-state index contributed by atoms with van der Waals surface area (Å²) in [5.41, 5.74) is 1.76. The van der Waals surface area contributed by atoms with Crippen molar-refractivity contribution in [1.82, 2.24) is 10.2 Å². The van der Waals surface area contributed by atoms with E-state index < -0.39 is 34.3 Å². The number of amides is 2. The molecule has 3 aromatic rings. The van der Waals surface area contributed by atoms with E-state index in [9.17, 15) is 22.4 Å². The molecule has 3 aromatic carbocycles. The highest BCUT2D eigenvalue weighted by atomic mass is 35.5. The Morgan fingerprint density at radius 3 is 2.12 bits per heavy atom. The Morgan fingerprint density at radius 2 is 1.56 bits per heavy atom. The van der Waals surface area contributed by atoms with Crippen molar-refractivity contribution in [1.29, 1.82) is 0 Å². The number of halogens is 3. The zero-order valence-corrected chi connectivity index (χ0v) is 25.7. The summed E-state index contributed by atoms with van der Waals surface area (Å²) in [5.74, 6) is -1.54. The second-order valence-corrected chi connectivity index (χ2v) is 12.5. The average Bonchev–Trinajstić information content (AvgIpc) is 2.94. The summed E-state index contributed by atoms with van der Waals surface area (Å²) in [6.07, 6.45) is 0.977. The van der Waals surface area contributed by atoms with Crippen molar-refractivity contribution in [3.8, 4) is 0 Å². The number of rotatable bonds is 12. The summed E-state index contributed by atoms with van der Waals surface area (Å²) in [6, 6.07) is 14.9. The van der Waals surface area contributed by atoms with Gasteiger partial charge in [0, 0.05) is 12.6 Å². The van der Waals surface area contributed by atoms with E-state index in [4.69, 9.17) is 23.2 Å². The van der Waals surface area contributed by atoms with Gasteiger partial charge < -0.3 is 10.2 Å². The number of carbonyl (C=O) groups excluding carboxylic acids is 2. The van der Waals surface area contributed by atoms with Gasteiger partial charge in [0.25, 0.3) is 10.0 Å². The van der Waals surface area contributed by atoms with Crippen molar-refractivity contribution in [2.45, 2.75) is 64.1 Å². The highest BCUT2D eigenvalue weighted by Crippen LogP contribution is 2.27. The number of hydrogen-bond acceptors (Lipinski definition) is 4. The quantitative estimate of drug-likeness (QED) is 0.255. The van der Waals surface area contributed by atoms with E-state index in [1.807, 2.05) is 20.8 Å². The molecule has 7 nitrogen and oxygen atoms in total. The molecule has 0 fully saturated rings. The van der Waals surface area contributed by atoms with E-state index >= 15 is 0 Å². The van der Waals surface area contributed by atoms with Crippen LogP contribution < -0.4 is 9.62 Å². The third-order valence-electron chi connectivity index (χ3n) is 6.73. The van der Waals surface area contributed by atoms with Crippen molar-refractivity contribution in [2.24, 2.45) is 0 Å². The third kappa shape index (κ3) is 8.21. The van der Waals surface area contributed by atoms with Crippen molar-refractivity contribution < 1.29 is 22.4 Å². The maximum atomic E-state index is 14.1. The fourth-order valence-electron chi connectivity index (χ4n) is 4.17. The summed E-state index contributed by atoms with van der Waals surface area (Å²) in [4.78, 5) is 28.6. The maximum absolute atomic E-state index is 14.1. The Balaban J connectivity index is 2.07. The highest BCUT2D eigenvalue weighted by Gasteiger charge is 2.34. The molecule has 2 atom stereocenters. The van der Waals surface area contributed by atoms with Gasteiger partial charge in [0.2, 0.25) is 11.8 Å². The smallest absolute Gasteiger partial charge is 0.264 e. The summed E-state index contributed by atoms with van der Waals surface area (Å²) >= 11 is 12.3. The molecule has 0 radical (unpaired) electrons. The van der Waals surface area contributed by atoms with Gasteiger partial charge in [-0.3, -0.25) is 13.9 Å². The van der Waals surface area contributed by atoms with E-state index in [1.54, 1.807) is 49.4 Å². The van der Waals surface area contributed by atoms with E-state index in [-0.39, 0.29) is 40.5 Å². The normalized spacial score (nSPS) is 12.9. The molecule has 0 aliphatic rings. The fourth-order valence-corrected chi connectivity index (χ4v) is 5.90. The summed E-state index contributed by atoms with van der Waals surface area (Å²) in [6.45, 7) is 6.82. The van der Waals surface area contributed by atoms with E-state index in [0.29, 0.717) is 17.0 Å². The molecule has 2 amide bonds. The van der Waals surface area contributed by atoms with E-state index in [0.717, 1.165) is 34.1 Å². The van der Waals surface area contributed by atoms with Gasteiger partial charge in [-0.1, -0.05) is 60.8 Å². The minimum absolute atomic E-state index is 0.0134. The van der Waals surface area contributed by atoms with Crippen LogP contribution in [0.5, 0.6) is 0 Å². The molecule has 0 aliphatic heterocycles. The van der Waals surface area contributed by atoms with Crippen LogP contribution in [0.2, 0.25) is 10.0 Å². The first-order valence-corrected chi connectivity index (χ1v) is 15.5. The molecule has 1 N–H and O–H groups in total. The molecule has 3 rings (SSSR count). The summed E-state index contributed by atoms with van der Waals surface area (Å²) < 4.78 is 42.2. The lowest BCUT2D eigenvalue weighted by Gasteiger charge is -2.33. The first-order chi connectivity index (χ1) is 19.4. The zero-order valence-electron chi connectivity index (χ0n) is 23.4. The van der Waals surface area contributed by atoms with Crippen molar-refractivity contribution in [3.05, 3.63) is 93.7 Å². The summed E-state index contributed by atoms with van der Waals surface area (Å²) in [7, 11) is -4.29. The molecular formula is C30H34Cl2FN3O4S. The molecule has 0 spiro atoms. The Hall–Kier alpha value is -3.14. The van der Waals surface area contributed by atoms with Gasteiger partial charge in [-0.15, -0.1) is 0 Å². The van der Waals surface area contributed by atoms with Gasteiger partial charge in [0.05, 0.1) is 20.6 Å². The van der Waals surface area contributed by atoms with Crippen molar-refractivity contribution >= 4 is 50.7 Å². The van der Waals surface area contributed by atoms with Crippen LogP contribution in [-0.2, 0) is 26.2 Å². The molecule has 41 heavy (non-hydrogen) atoms. The minimum atomic E-state index is -4.29. The summed E-state index contributed by atoms with van der Waals surface area (Å²) in [5, 5.41) is 3.55. The predicted molar refractivity (Wildman–Crippen MR) is 161 cm³/mol. The Labute approximate surface area is 251 Å². The SMILES string of the molecule is CC[C@@H](C)NC(=O)[C@@H](CC)N(Cc1ccc(Cl)c(Cl)c1)C(=O)CN(c1ccc(C)cc1)S(=O)(=O)c1ccc(F)cc1. The number of aryl methyl sites for hydroxylation is 1. The molecular weight excluding hydrogens is 588 g/mol. The van der Waals surface area contributed by atoms with Crippen LogP contribution in [0.3, 0.4) is 0 Å². The molecule has 0 saturated heterocycles. The van der Waals surface area contributed by atoms with Crippen LogP contribution in [0.15, 0.2) is 71.6 Å². The lowest BCUT2D eigenvalue weighted by Crippen LogP contribution is -2.53. The zero-order chi connectivity index (χ0) is 30.3. The third-order valence-corrected chi connectivity index (χ3v) is 9.25. The molecule has 0 unspecified atom stereocenters. The number of benzene rings is 3. The van der Waals surface area contributed by atoms with Crippen molar-refractivity contribution in [2.75, 3.05) is 10.8 Å². The number of hydrogen-bond donors (Lipinski definition) is 1. The van der Waals surface area contributed by atoms with Gasteiger partial charge in [-0.05, 0) is 80.8 Å². The second-order valence-electron chi connectivity index (χ2n) is 9.81. The predicted octanol–water partition coefficient (Wildman–Crippen LogP) is 6.36. The minimum Gasteiger partial charge on any atom is -0.352 e. The number of sulfonamides is 1. The first kappa shape index (κ1) is 32.4. The monoisotopic (exact) mass is 621 g/mol. The number of nitrogens with one attached hydrogen (secondary N) is 1. The standard InChI is InChI=1S/C30H34Cl2FN3O4S/c1-5-21(4)34-30(38)28(6-2)35(18-22-9-16-26(31)27(32)17-22)29(37)19-36(24-12-7-20(3)8-13-24)41(39,40)25-14-10-23(33)11-15-25/h7-17,21,28H,5-6,18-19H2,1-4H3,(H,34,38)/t21-,28-/m1/s1. The van der Waals surface area contributed by atoms with Crippen LogP contribution in [0, 0.1) is 12.7 Å². The van der Waals surface area contributed by atoms with Crippen molar-refractivity contribution in [3.63, 3.8) is 0 Å². The Kier molecular flexibility index (Phi) is 11.2. The fraction of sp³-hybridized carbons (Fsp3) is 0.333. The van der Waals surface area contributed by atoms with Crippen LogP contribution in [0.1, 0.15) is 44.7 Å². The van der Waals surface area contributed by atoms with Gasteiger partial charge in [0.15, 0.2) is 0 Å². The molecule has 11 heteroatoms. The number of anilines is 1. The lowest BCUT2D eigenvalue weighted by atomic mass is 10.1. The van der Waals surface area contributed by atoms with Gasteiger partial charge in [0.1, 0.15) is 18.4 Å².